The Morgan fingerprint density at radius 1 is 1.21 bits per heavy atom. The van der Waals surface area contributed by atoms with Crippen LogP contribution < -0.4 is 0 Å². The van der Waals surface area contributed by atoms with E-state index in [1.165, 1.54) is 12.1 Å². The minimum Gasteiger partial charge on any atom is -0.441 e. The van der Waals surface area contributed by atoms with Crippen molar-refractivity contribution in [2.45, 2.75) is 25.8 Å². The fraction of sp³-hybridized carbons (Fsp3) is 0.238. The van der Waals surface area contributed by atoms with E-state index >= 15 is 0 Å². The summed E-state index contributed by atoms with van der Waals surface area (Å²) in [5.74, 6) is 0.627. The topological polar surface area (TPSA) is 46.3 Å². The van der Waals surface area contributed by atoms with Crippen LogP contribution in [0.4, 0.5) is 4.39 Å². The Morgan fingerprint density at radius 2 is 1.93 bits per heavy atom. The summed E-state index contributed by atoms with van der Waals surface area (Å²) in [6, 6.07) is 11.0. The van der Waals surface area contributed by atoms with Crippen LogP contribution in [-0.2, 0) is 11.2 Å². The molecule has 2 aromatic carbocycles. The molecule has 3 rings (SSSR count). The Labute approximate surface area is 172 Å². The van der Waals surface area contributed by atoms with E-state index in [1.54, 1.807) is 42.4 Å². The van der Waals surface area contributed by atoms with Crippen LogP contribution in [0.1, 0.15) is 30.8 Å². The number of rotatable bonds is 6. The lowest BCUT2D eigenvalue weighted by Gasteiger charge is -2.26. The molecule has 28 heavy (non-hydrogen) atoms. The van der Waals surface area contributed by atoms with E-state index in [9.17, 15) is 9.18 Å². The SMILES string of the molecule is CC(c1ccc(Cl)cc1Cl)N(C)C(=O)CCc1ncc(-c2ccc(F)cc2)o1. The molecular formula is C21H19Cl2FN2O2. The molecule has 0 bridgehead atoms. The monoisotopic (exact) mass is 420 g/mol. The molecule has 1 heterocycles. The fourth-order valence-corrected chi connectivity index (χ4v) is 3.39. The Morgan fingerprint density at radius 3 is 2.61 bits per heavy atom. The highest BCUT2D eigenvalue weighted by atomic mass is 35.5. The summed E-state index contributed by atoms with van der Waals surface area (Å²) in [5, 5.41) is 1.08. The van der Waals surface area contributed by atoms with Gasteiger partial charge in [0.1, 0.15) is 5.82 Å². The molecule has 4 nitrogen and oxygen atoms in total. The molecule has 0 fully saturated rings. The van der Waals surface area contributed by atoms with Gasteiger partial charge in [-0.1, -0.05) is 29.3 Å². The number of nitrogens with zero attached hydrogens (tertiary/aromatic N) is 2. The van der Waals surface area contributed by atoms with Gasteiger partial charge >= 0.3 is 0 Å². The van der Waals surface area contributed by atoms with Gasteiger partial charge in [0.2, 0.25) is 5.91 Å². The number of amides is 1. The van der Waals surface area contributed by atoms with E-state index in [1.807, 2.05) is 13.0 Å². The van der Waals surface area contributed by atoms with E-state index in [0.29, 0.717) is 28.1 Å². The summed E-state index contributed by atoms with van der Waals surface area (Å²) < 4.78 is 18.7. The van der Waals surface area contributed by atoms with Gasteiger partial charge in [-0.15, -0.1) is 0 Å². The summed E-state index contributed by atoms with van der Waals surface area (Å²) in [5.41, 5.74) is 1.56. The van der Waals surface area contributed by atoms with Crippen molar-refractivity contribution in [3.05, 3.63) is 76.0 Å². The van der Waals surface area contributed by atoms with E-state index < -0.39 is 0 Å². The predicted octanol–water partition coefficient (Wildman–Crippen LogP) is 5.94. The molecule has 0 aliphatic heterocycles. The van der Waals surface area contributed by atoms with Gasteiger partial charge in [0.25, 0.3) is 0 Å². The second kappa shape index (κ2) is 8.76. The van der Waals surface area contributed by atoms with E-state index in [0.717, 1.165) is 11.1 Å². The highest BCUT2D eigenvalue weighted by Crippen LogP contribution is 2.29. The molecule has 1 atom stereocenters. The van der Waals surface area contributed by atoms with Crippen molar-refractivity contribution in [1.82, 2.24) is 9.88 Å². The van der Waals surface area contributed by atoms with Crippen LogP contribution in [0.5, 0.6) is 0 Å². The zero-order valence-corrected chi connectivity index (χ0v) is 17.0. The predicted molar refractivity (Wildman–Crippen MR) is 108 cm³/mol. The lowest BCUT2D eigenvalue weighted by atomic mass is 10.1. The minimum atomic E-state index is -0.313. The third-order valence-corrected chi connectivity index (χ3v) is 5.18. The van der Waals surface area contributed by atoms with Crippen LogP contribution >= 0.6 is 23.2 Å². The first kappa shape index (κ1) is 20.4. The first-order chi connectivity index (χ1) is 13.3. The van der Waals surface area contributed by atoms with Crippen LogP contribution in [0.15, 0.2) is 53.1 Å². The lowest BCUT2D eigenvalue weighted by Crippen LogP contribution is -2.30. The molecule has 0 saturated carbocycles. The standard InChI is InChI=1S/C21H19Cl2FN2O2/c1-13(17-8-5-15(22)11-18(17)23)26(2)21(27)10-9-20-25-12-19(28-20)14-3-6-16(24)7-4-14/h3-8,11-13H,9-10H2,1-2H3. The molecule has 3 aromatic rings. The van der Waals surface area contributed by atoms with Crippen molar-refractivity contribution >= 4 is 29.1 Å². The number of aryl methyl sites for hydroxylation is 1. The lowest BCUT2D eigenvalue weighted by molar-refractivity contribution is -0.131. The fourth-order valence-electron chi connectivity index (χ4n) is 2.83. The van der Waals surface area contributed by atoms with Crippen LogP contribution in [0, 0.1) is 5.82 Å². The molecular weight excluding hydrogens is 402 g/mol. The Bertz CT molecular complexity index is 973. The van der Waals surface area contributed by atoms with Crippen molar-refractivity contribution in [3.63, 3.8) is 0 Å². The first-order valence-corrected chi connectivity index (χ1v) is 9.52. The van der Waals surface area contributed by atoms with Gasteiger partial charge in [0.15, 0.2) is 11.7 Å². The third-order valence-electron chi connectivity index (χ3n) is 4.62. The minimum absolute atomic E-state index is 0.0555. The van der Waals surface area contributed by atoms with E-state index in [-0.39, 0.29) is 24.2 Å². The Kier molecular flexibility index (Phi) is 6.37. The van der Waals surface area contributed by atoms with Crippen molar-refractivity contribution in [1.29, 1.82) is 0 Å². The Balaban J connectivity index is 1.61. The zero-order valence-electron chi connectivity index (χ0n) is 15.5. The van der Waals surface area contributed by atoms with Gasteiger partial charge in [0.05, 0.1) is 12.2 Å². The average molecular weight is 421 g/mol. The molecule has 0 radical (unpaired) electrons. The summed E-state index contributed by atoms with van der Waals surface area (Å²) >= 11 is 12.2. The van der Waals surface area contributed by atoms with Crippen molar-refractivity contribution in [2.75, 3.05) is 7.05 Å². The first-order valence-electron chi connectivity index (χ1n) is 8.76. The number of benzene rings is 2. The number of carbonyl (C=O) groups excluding carboxylic acids is 1. The molecule has 0 N–H and O–H groups in total. The van der Waals surface area contributed by atoms with Gasteiger partial charge < -0.3 is 9.32 Å². The molecule has 0 spiro atoms. The molecule has 7 heteroatoms. The molecule has 146 valence electrons. The van der Waals surface area contributed by atoms with E-state index in [2.05, 4.69) is 4.98 Å². The highest BCUT2D eigenvalue weighted by molar-refractivity contribution is 6.35. The van der Waals surface area contributed by atoms with Crippen molar-refractivity contribution in [2.24, 2.45) is 0 Å². The molecule has 0 saturated heterocycles. The average Bonchev–Trinajstić information content (AvgIpc) is 3.14. The maximum Gasteiger partial charge on any atom is 0.223 e. The van der Waals surface area contributed by atoms with Crippen LogP contribution in [0.2, 0.25) is 10.0 Å². The smallest absolute Gasteiger partial charge is 0.223 e. The van der Waals surface area contributed by atoms with Gasteiger partial charge in [-0.3, -0.25) is 4.79 Å². The summed E-state index contributed by atoms with van der Waals surface area (Å²) in [4.78, 5) is 18.4. The maximum absolute atomic E-state index is 13.0. The van der Waals surface area contributed by atoms with Crippen molar-refractivity contribution < 1.29 is 13.6 Å². The van der Waals surface area contributed by atoms with Gasteiger partial charge in [0, 0.05) is 35.5 Å². The number of oxazole rings is 1. The summed E-state index contributed by atoms with van der Waals surface area (Å²) in [6.07, 6.45) is 2.19. The van der Waals surface area contributed by atoms with Crippen molar-refractivity contribution in [3.8, 4) is 11.3 Å². The van der Waals surface area contributed by atoms with Crippen LogP contribution in [0.3, 0.4) is 0 Å². The number of halogens is 3. The molecule has 0 aliphatic carbocycles. The van der Waals surface area contributed by atoms with Gasteiger partial charge in [-0.05, 0) is 48.9 Å². The normalized spacial score (nSPS) is 12.0. The zero-order chi connectivity index (χ0) is 20.3. The Hall–Kier alpha value is -2.37. The molecule has 1 amide bonds. The summed E-state index contributed by atoms with van der Waals surface area (Å²) in [6.45, 7) is 1.91. The van der Waals surface area contributed by atoms with Gasteiger partial charge in [-0.2, -0.15) is 0 Å². The number of hydrogen-bond acceptors (Lipinski definition) is 3. The number of carbonyl (C=O) groups is 1. The second-order valence-corrected chi connectivity index (χ2v) is 7.32. The summed E-state index contributed by atoms with van der Waals surface area (Å²) in [7, 11) is 1.73. The molecule has 1 aromatic heterocycles. The number of aromatic nitrogens is 1. The van der Waals surface area contributed by atoms with Crippen LogP contribution in [0.25, 0.3) is 11.3 Å². The van der Waals surface area contributed by atoms with Crippen LogP contribution in [-0.4, -0.2) is 22.8 Å². The maximum atomic E-state index is 13.0. The van der Waals surface area contributed by atoms with Gasteiger partial charge in [-0.25, -0.2) is 9.37 Å². The quantitative estimate of drug-likeness (QED) is 0.495. The molecule has 0 aliphatic rings. The third kappa shape index (κ3) is 4.72. The van der Waals surface area contributed by atoms with E-state index in [4.69, 9.17) is 27.6 Å². The highest BCUT2D eigenvalue weighted by Gasteiger charge is 2.20. The largest absolute Gasteiger partial charge is 0.441 e. The second-order valence-electron chi connectivity index (χ2n) is 6.47. The number of hydrogen-bond donors (Lipinski definition) is 0. The molecule has 1 unspecified atom stereocenters.